The van der Waals surface area contributed by atoms with Crippen LogP contribution < -0.4 is 5.32 Å². The Morgan fingerprint density at radius 3 is 3.10 bits per heavy atom. The van der Waals surface area contributed by atoms with E-state index in [1.165, 1.54) is 5.57 Å². The van der Waals surface area contributed by atoms with Crippen LogP contribution in [0.5, 0.6) is 0 Å². The molecule has 54 valence electrons. The largest absolute Gasteiger partial charge is 0.347 e. The summed E-state index contributed by atoms with van der Waals surface area (Å²) in [4.78, 5) is 4.24. The zero-order chi connectivity index (χ0) is 7.40. The van der Waals surface area contributed by atoms with Crippen molar-refractivity contribution in [3.8, 4) is 0 Å². The molecule has 0 aliphatic carbocycles. The fraction of sp³-hybridized carbons (Fsp3) is 0.375. The van der Waals surface area contributed by atoms with Gasteiger partial charge < -0.3 is 5.32 Å². The predicted molar refractivity (Wildman–Crippen MR) is 44.0 cm³/mol. The predicted octanol–water partition coefficient (Wildman–Crippen LogP) is 1.47. The molecule has 0 radical (unpaired) electrons. The van der Waals surface area contributed by atoms with Crippen molar-refractivity contribution in [3.05, 3.63) is 24.4 Å². The topological polar surface area (TPSA) is 24.4 Å². The Labute approximate surface area is 61.4 Å². The van der Waals surface area contributed by atoms with E-state index in [9.17, 15) is 0 Å². The molecule has 1 aliphatic heterocycles. The van der Waals surface area contributed by atoms with E-state index in [0.29, 0.717) is 0 Å². The Kier molecular flexibility index (Phi) is 2.26. The summed E-state index contributed by atoms with van der Waals surface area (Å²) in [7, 11) is 0. The van der Waals surface area contributed by atoms with E-state index >= 15 is 0 Å². The van der Waals surface area contributed by atoms with Crippen molar-refractivity contribution in [1.29, 1.82) is 0 Å². The van der Waals surface area contributed by atoms with Crippen molar-refractivity contribution in [2.24, 2.45) is 4.99 Å². The fourth-order valence-electron chi connectivity index (χ4n) is 1.02. The zero-order valence-electron chi connectivity index (χ0n) is 6.22. The molecule has 1 rings (SSSR count). The number of allylic oxidation sites excluding steroid dienone is 1. The second-order valence-corrected chi connectivity index (χ2v) is 2.14. The first kappa shape index (κ1) is 7.06. The van der Waals surface area contributed by atoms with Crippen LogP contribution in [0.15, 0.2) is 29.4 Å². The number of aliphatic imine (C=N–C) groups is 1. The third-order valence-corrected chi connectivity index (χ3v) is 1.54. The Morgan fingerprint density at radius 2 is 2.50 bits per heavy atom. The van der Waals surface area contributed by atoms with Gasteiger partial charge >= 0.3 is 0 Å². The second kappa shape index (κ2) is 3.20. The lowest BCUT2D eigenvalue weighted by molar-refractivity contribution is 1.04. The normalized spacial score (nSPS) is 20.9. The van der Waals surface area contributed by atoms with E-state index in [-0.39, 0.29) is 0 Å². The average Bonchev–Trinajstić information content (AvgIpc) is 2.36. The molecule has 0 aromatic rings. The molecule has 0 aromatic carbocycles. The van der Waals surface area contributed by atoms with Crippen LogP contribution in [0.1, 0.15) is 13.3 Å². The van der Waals surface area contributed by atoms with Gasteiger partial charge in [-0.2, -0.15) is 0 Å². The van der Waals surface area contributed by atoms with Gasteiger partial charge in [-0.15, -0.1) is 0 Å². The van der Waals surface area contributed by atoms with E-state index in [4.69, 9.17) is 0 Å². The second-order valence-electron chi connectivity index (χ2n) is 2.14. The van der Waals surface area contributed by atoms with Crippen molar-refractivity contribution in [2.45, 2.75) is 13.3 Å². The van der Waals surface area contributed by atoms with Crippen LogP contribution in [0.4, 0.5) is 0 Å². The van der Waals surface area contributed by atoms with Crippen LogP contribution in [-0.2, 0) is 0 Å². The molecule has 0 amide bonds. The van der Waals surface area contributed by atoms with Gasteiger partial charge in [0.25, 0.3) is 0 Å². The third-order valence-electron chi connectivity index (χ3n) is 1.54. The smallest absolute Gasteiger partial charge is 0.127 e. The summed E-state index contributed by atoms with van der Waals surface area (Å²) in [5, 5.41) is 2.99. The Balaban J connectivity index is 2.65. The number of nitrogens with one attached hydrogen (secondary N) is 1. The van der Waals surface area contributed by atoms with Crippen LogP contribution in [0, 0.1) is 0 Å². The van der Waals surface area contributed by atoms with Gasteiger partial charge in [-0.3, -0.25) is 4.99 Å². The molecule has 0 atom stereocenters. The summed E-state index contributed by atoms with van der Waals surface area (Å²) in [5.41, 5.74) is 1.29. The minimum Gasteiger partial charge on any atom is -0.347 e. The Hall–Kier alpha value is -1.05. The summed E-state index contributed by atoms with van der Waals surface area (Å²) >= 11 is 0. The average molecular weight is 136 g/mol. The lowest BCUT2D eigenvalue weighted by Gasteiger charge is -1.99. The summed E-state index contributed by atoms with van der Waals surface area (Å²) in [6.45, 7) is 6.52. The highest BCUT2D eigenvalue weighted by Gasteiger charge is 2.09. The highest BCUT2D eigenvalue weighted by atomic mass is 15.0. The van der Waals surface area contributed by atoms with Crippen molar-refractivity contribution in [1.82, 2.24) is 5.32 Å². The Morgan fingerprint density at radius 1 is 1.70 bits per heavy atom. The molecule has 1 N–H and O–H groups in total. The molecule has 2 nitrogen and oxygen atoms in total. The van der Waals surface area contributed by atoms with Crippen LogP contribution in [0.2, 0.25) is 0 Å². The molecule has 0 unspecified atom stereocenters. The molecule has 10 heavy (non-hydrogen) atoms. The van der Waals surface area contributed by atoms with Gasteiger partial charge in [-0.1, -0.05) is 12.7 Å². The number of nitrogens with zero attached hydrogens (tertiary/aromatic N) is 1. The number of amidine groups is 1. The van der Waals surface area contributed by atoms with Gasteiger partial charge in [-0.05, 0) is 25.1 Å². The van der Waals surface area contributed by atoms with Crippen LogP contribution >= 0.6 is 0 Å². The number of hydrogen-bond acceptors (Lipinski definition) is 2. The van der Waals surface area contributed by atoms with Crippen LogP contribution in [-0.4, -0.2) is 12.4 Å². The lowest BCUT2D eigenvalue weighted by Crippen LogP contribution is -2.15. The van der Waals surface area contributed by atoms with Crippen molar-refractivity contribution in [3.63, 3.8) is 0 Å². The summed E-state index contributed by atoms with van der Waals surface area (Å²) in [6.07, 6.45) is 4.81. The number of rotatable bonds is 1. The first-order valence-electron chi connectivity index (χ1n) is 3.46. The van der Waals surface area contributed by atoms with Crippen LogP contribution in [0.25, 0.3) is 0 Å². The quantitative estimate of drug-likeness (QED) is 0.580. The molecule has 1 aliphatic rings. The van der Waals surface area contributed by atoms with Gasteiger partial charge in [0.1, 0.15) is 5.84 Å². The molecule has 1 heterocycles. The van der Waals surface area contributed by atoms with E-state index in [2.05, 4.69) is 23.0 Å². The summed E-state index contributed by atoms with van der Waals surface area (Å²) < 4.78 is 0. The van der Waals surface area contributed by atoms with Gasteiger partial charge in [0.15, 0.2) is 0 Å². The maximum Gasteiger partial charge on any atom is 0.127 e. The van der Waals surface area contributed by atoms with E-state index in [1.54, 1.807) is 6.20 Å². The standard InChI is InChI=1S/C8H12N2/c1-3-7-5-6-10-8(7)9-4-2/h3-4H,2,5-6H2,1H3,(H,9,10)/b7-3-. The van der Waals surface area contributed by atoms with Crippen LogP contribution in [0.3, 0.4) is 0 Å². The van der Waals surface area contributed by atoms with Gasteiger partial charge in [-0.25, -0.2) is 0 Å². The molecular formula is C8H12N2. The SMILES string of the molecule is C=CNC1=NCC/C1=C/C. The fourth-order valence-corrected chi connectivity index (χ4v) is 1.02. The van der Waals surface area contributed by atoms with E-state index < -0.39 is 0 Å². The molecule has 0 bridgehead atoms. The van der Waals surface area contributed by atoms with Crippen molar-refractivity contribution in [2.75, 3.05) is 6.54 Å². The van der Waals surface area contributed by atoms with E-state index in [0.717, 1.165) is 18.8 Å². The highest BCUT2D eigenvalue weighted by molar-refractivity contribution is 6.00. The highest BCUT2D eigenvalue weighted by Crippen LogP contribution is 2.09. The maximum absolute atomic E-state index is 4.24. The van der Waals surface area contributed by atoms with Crippen molar-refractivity contribution < 1.29 is 0 Å². The molecule has 0 saturated heterocycles. The van der Waals surface area contributed by atoms with E-state index in [1.807, 2.05) is 6.92 Å². The molecule has 0 spiro atoms. The molecule has 0 saturated carbocycles. The molecule has 0 fully saturated rings. The van der Waals surface area contributed by atoms with Gasteiger partial charge in [0.05, 0.1) is 0 Å². The first-order chi connectivity index (χ1) is 4.88. The van der Waals surface area contributed by atoms with Gasteiger partial charge in [0.2, 0.25) is 0 Å². The van der Waals surface area contributed by atoms with Crippen molar-refractivity contribution >= 4 is 5.84 Å². The number of hydrogen-bond donors (Lipinski definition) is 1. The maximum atomic E-state index is 4.24. The third kappa shape index (κ3) is 1.26. The first-order valence-corrected chi connectivity index (χ1v) is 3.46. The molecular weight excluding hydrogens is 124 g/mol. The molecule has 0 aromatic heterocycles. The minimum absolute atomic E-state index is 0.913. The lowest BCUT2D eigenvalue weighted by atomic mass is 10.2. The summed E-state index contributed by atoms with van der Waals surface area (Å²) in [5.74, 6) is 0.984. The van der Waals surface area contributed by atoms with Gasteiger partial charge in [0, 0.05) is 6.54 Å². The monoisotopic (exact) mass is 136 g/mol. The Bertz CT molecular complexity index is 189. The molecule has 2 heteroatoms. The summed E-state index contributed by atoms with van der Waals surface area (Å²) in [6, 6.07) is 0. The minimum atomic E-state index is 0.913. The zero-order valence-corrected chi connectivity index (χ0v) is 6.22.